The summed E-state index contributed by atoms with van der Waals surface area (Å²) in [6.45, 7) is 4.55. The Morgan fingerprint density at radius 1 is 1.53 bits per heavy atom. The van der Waals surface area contributed by atoms with E-state index in [9.17, 15) is 4.39 Å². The van der Waals surface area contributed by atoms with E-state index in [1.807, 2.05) is 18.7 Å². The summed E-state index contributed by atoms with van der Waals surface area (Å²) in [5.74, 6) is 0.208. The third-order valence-electron chi connectivity index (χ3n) is 2.40. The highest BCUT2D eigenvalue weighted by atomic mass is 19.1. The zero-order valence-corrected chi connectivity index (χ0v) is 10.4. The molecule has 0 radical (unpaired) electrons. The molecule has 1 aromatic heterocycles. The Bertz CT molecular complexity index is 359. The van der Waals surface area contributed by atoms with E-state index in [0.29, 0.717) is 18.9 Å². The lowest BCUT2D eigenvalue weighted by Crippen LogP contribution is -2.34. The van der Waals surface area contributed by atoms with Crippen LogP contribution in [0, 0.1) is 5.82 Å². The molecule has 1 aromatic rings. The fourth-order valence-corrected chi connectivity index (χ4v) is 1.53. The van der Waals surface area contributed by atoms with Gasteiger partial charge in [0.25, 0.3) is 0 Å². The summed E-state index contributed by atoms with van der Waals surface area (Å²) in [7, 11) is 1.68. The van der Waals surface area contributed by atoms with Gasteiger partial charge >= 0.3 is 0 Å². The topological polar surface area (TPSA) is 61.3 Å². The smallest absolute Gasteiger partial charge is 0.224 e. The largest absolute Gasteiger partial charge is 0.396 e. The highest BCUT2D eigenvalue weighted by Gasteiger charge is 2.17. The third kappa shape index (κ3) is 3.52. The molecule has 0 aliphatic carbocycles. The normalized spacial score (nSPS) is 10.7. The molecule has 0 aromatic carbocycles. The predicted molar refractivity (Wildman–Crippen MR) is 65.7 cm³/mol. The van der Waals surface area contributed by atoms with Crippen molar-refractivity contribution >= 4 is 11.8 Å². The van der Waals surface area contributed by atoms with Crippen LogP contribution < -0.4 is 10.2 Å². The van der Waals surface area contributed by atoms with Crippen LogP contribution in [0.2, 0.25) is 0 Å². The number of aliphatic hydroxyl groups is 1. The van der Waals surface area contributed by atoms with Crippen molar-refractivity contribution in [2.75, 3.05) is 30.4 Å². The number of hydrogen-bond acceptors (Lipinski definition) is 5. The van der Waals surface area contributed by atoms with Gasteiger partial charge in [0, 0.05) is 26.2 Å². The van der Waals surface area contributed by atoms with Gasteiger partial charge in [0.05, 0.1) is 6.20 Å². The van der Waals surface area contributed by atoms with Crippen molar-refractivity contribution in [3.05, 3.63) is 12.0 Å². The minimum absolute atomic E-state index is 0.0782. The maximum Gasteiger partial charge on any atom is 0.224 e. The van der Waals surface area contributed by atoms with Gasteiger partial charge in [-0.2, -0.15) is 4.98 Å². The van der Waals surface area contributed by atoms with Crippen LogP contribution in [0.5, 0.6) is 0 Å². The standard InChI is InChI=1S/C11H19FN4O/c1-8(2)16(5-4-6-17)10-9(12)7-14-11(13-3)15-10/h7-8,17H,4-6H2,1-3H3,(H,13,14,15). The molecule has 0 bridgehead atoms. The van der Waals surface area contributed by atoms with Gasteiger partial charge in [-0.25, -0.2) is 9.37 Å². The van der Waals surface area contributed by atoms with Gasteiger partial charge in [0.1, 0.15) is 0 Å². The molecule has 96 valence electrons. The average Bonchev–Trinajstić information content (AvgIpc) is 2.31. The predicted octanol–water partition coefficient (Wildman–Crippen LogP) is 1.25. The fourth-order valence-electron chi connectivity index (χ4n) is 1.53. The first-order chi connectivity index (χ1) is 8.10. The second-order valence-corrected chi connectivity index (χ2v) is 3.98. The molecule has 5 nitrogen and oxygen atoms in total. The molecule has 0 saturated heterocycles. The zero-order chi connectivity index (χ0) is 12.8. The van der Waals surface area contributed by atoms with Crippen LogP contribution in [-0.2, 0) is 0 Å². The van der Waals surface area contributed by atoms with E-state index in [2.05, 4.69) is 15.3 Å². The third-order valence-corrected chi connectivity index (χ3v) is 2.40. The van der Waals surface area contributed by atoms with Crippen LogP contribution in [0.4, 0.5) is 16.2 Å². The molecule has 2 N–H and O–H groups in total. The molecule has 0 aliphatic heterocycles. The summed E-state index contributed by atoms with van der Waals surface area (Å²) >= 11 is 0. The number of rotatable bonds is 6. The minimum atomic E-state index is -0.448. The van der Waals surface area contributed by atoms with E-state index in [1.165, 1.54) is 0 Å². The molecule has 0 atom stereocenters. The van der Waals surface area contributed by atoms with Gasteiger partial charge in [0.2, 0.25) is 5.95 Å². The number of anilines is 2. The van der Waals surface area contributed by atoms with Gasteiger partial charge in [-0.15, -0.1) is 0 Å². The Hall–Kier alpha value is -1.43. The van der Waals surface area contributed by atoms with Crippen LogP contribution in [0.3, 0.4) is 0 Å². The number of aromatic nitrogens is 2. The molecular weight excluding hydrogens is 223 g/mol. The van der Waals surface area contributed by atoms with Crippen LogP contribution in [0.25, 0.3) is 0 Å². The number of hydrogen-bond donors (Lipinski definition) is 2. The fraction of sp³-hybridized carbons (Fsp3) is 0.636. The van der Waals surface area contributed by atoms with Crippen LogP contribution >= 0.6 is 0 Å². The van der Waals surface area contributed by atoms with E-state index in [-0.39, 0.29) is 18.5 Å². The summed E-state index contributed by atoms with van der Waals surface area (Å²) in [5, 5.41) is 11.6. The van der Waals surface area contributed by atoms with Crippen molar-refractivity contribution in [2.24, 2.45) is 0 Å². The molecule has 6 heteroatoms. The Balaban J connectivity index is 2.99. The van der Waals surface area contributed by atoms with E-state index in [0.717, 1.165) is 6.20 Å². The van der Waals surface area contributed by atoms with Crippen molar-refractivity contribution in [1.82, 2.24) is 9.97 Å². The van der Waals surface area contributed by atoms with Gasteiger partial charge in [-0.05, 0) is 20.3 Å². The summed E-state index contributed by atoms with van der Waals surface area (Å²) in [5.41, 5.74) is 0. The lowest BCUT2D eigenvalue weighted by Gasteiger charge is -2.28. The van der Waals surface area contributed by atoms with Gasteiger partial charge in [-0.1, -0.05) is 0 Å². The van der Waals surface area contributed by atoms with E-state index >= 15 is 0 Å². The maximum atomic E-state index is 13.7. The first-order valence-electron chi connectivity index (χ1n) is 5.68. The minimum Gasteiger partial charge on any atom is -0.396 e. The van der Waals surface area contributed by atoms with Crippen molar-refractivity contribution in [1.29, 1.82) is 0 Å². The lowest BCUT2D eigenvalue weighted by molar-refractivity contribution is 0.288. The number of halogens is 1. The van der Waals surface area contributed by atoms with Crippen LogP contribution in [-0.4, -0.2) is 41.3 Å². The van der Waals surface area contributed by atoms with Crippen molar-refractivity contribution in [3.63, 3.8) is 0 Å². The molecule has 1 heterocycles. The van der Waals surface area contributed by atoms with Crippen molar-refractivity contribution < 1.29 is 9.50 Å². The van der Waals surface area contributed by atoms with Crippen LogP contribution in [0.1, 0.15) is 20.3 Å². The van der Waals surface area contributed by atoms with Crippen LogP contribution in [0.15, 0.2) is 6.20 Å². The Kier molecular flexibility index (Phi) is 5.09. The highest BCUT2D eigenvalue weighted by molar-refractivity contribution is 5.44. The molecular formula is C11H19FN4O. The Morgan fingerprint density at radius 3 is 2.76 bits per heavy atom. The molecule has 0 aliphatic rings. The van der Waals surface area contributed by atoms with Crippen molar-refractivity contribution in [3.8, 4) is 0 Å². The summed E-state index contributed by atoms with van der Waals surface area (Å²) < 4.78 is 13.7. The molecule has 0 unspecified atom stereocenters. The first-order valence-corrected chi connectivity index (χ1v) is 5.68. The maximum absolute atomic E-state index is 13.7. The van der Waals surface area contributed by atoms with E-state index < -0.39 is 5.82 Å². The van der Waals surface area contributed by atoms with Gasteiger partial charge in [-0.3, -0.25) is 0 Å². The molecule has 0 saturated carbocycles. The molecule has 0 fully saturated rings. The second-order valence-electron chi connectivity index (χ2n) is 3.98. The lowest BCUT2D eigenvalue weighted by atomic mass is 10.3. The summed E-state index contributed by atoms with van der Waals surface area (Å²) in [6, 6.07) is 0.107. The number of nitrogens with zero attached hydrogens (tertiary/aromatic N) is 3. The zero-order valence-electron chi connectivity index (χ0n) is 10.4. The number of aliphatic hydroxyl groups excluding tert-OH is 1. The van der Waals surface area contributed by atoms with E-state index in [4.69, 9.17) is 5.11 Å². The molecule has 0 spiro atoms. The first kappa shape index (κ1) is 13.6. The van der Waals surface area contributed by atoms with E-state index in [1.54, 1.807) is 7.05 Å². The Morgan fingerprint density at radius 2 is 2.24 bits per heavy atom. The summed E-state index contributed by atoms with van der Waals surface area (Å²) in [6.07, 6.45) is 1.74. The SMILES string of the molecule is CNc1ncc(F)c(N(CCCO)C(C)C)n1. The quantitative estimate of drug-likeness (QED) is 0.786. The van der Waals surface area contributed by atoms with Crippen molar-refractivity contribution in [2.45, 2.75) is 26.3 Å². The van der Waals surface area contributed by atoms with Gasteiger partial charge in [0.15, 0.2) is 11.6 Å². The molecule has 1 rings (SSSR count). The highest BCUT2D eigenvalue weighted by Crippen LogP contribution is 2.19. The summed E-state index contributed by atoms with van der Waals surface area (Å²) in [4.78, 5) is 9.73. The average molecular weight is 242 g/mol. The monoisotopic (exact) mass is 242 g/mol. The van der Waals surface area contributed by atoms with Gasteiger partial charge < -0.3 is 15.3 Å². The second kappa shape index (κ2) is 6.34. The molecule has 0 amide bonds. The number of nitrogens with one attached hydrogen (secondary N) is 1. The Labute approximate surface area is 101 Å². The molecule has 17 heavy (non-hydrogen) atoms.